The molecule has 124 valence electrons. The Labute approximate surface area is 127 Å². The predicted molar refractivity (Wildman–Crippen MR) is 76.2 cm³/mol. The summed E-state index contributed by atoms with van der Waals surface area (Å²) in [5, 5.41) is 18.5. The average molecular weight is 333 g/mol. The highest BCUT2D eigenvalue weighted by Gasteiger charge is 2.72. The van der Waals surface area contributed by atoms with Crippen LogP contribution in [0.25, 0.3) is 0 Å². The zero-order valence-electron chi connectivity index (χ0n) is 12.4. The molecule has 0 radical (unpaired) electrons. The van der Waals surface area contributed by atoms with Crippen molar-refractivity contribution < 1.29 is 33.4 Å². The second kappa shape index (κ2) is 5.77. The van der Waals surface area contributed by atoms with E-state index in [0.29, 0.717) is 5.57 Å². The lowest BCUT2D eigenvalue weighted by molar-refractivity contribution is -0.145. The van der Waals surface area contributed by atoms with Crippen LogP contribution in [0.4, 0.5) is 0 Å². The van der Waals surface area contributed by atoms with Crippen LogP contribution in [0.1, 0.15) is 20.3 Å². The Morgan fingerprint density at radius 1 is 1.36 bits per heavy atom. The first-order valence-corrected chi connectivity index (χ1v) is 8.67. The highest BCUT2D eigenvalue weighted by Crippen LogP contribution is 2.66. The standard InChI is InChI=1S/C13H20NO7P/c1-3-20-22(19,21-4-2)6-7-5-13(14,12(17)18)10-8(7)9(10)11(15)16/h6,8-10H,3-5,14H2,1-2H3,(H,15,16)(H,17,18)/t8-,9-,10+,13-/m1/s1. The van der Waals surface area contributed by atoms with Crippen molar-refractivity contribution >= 4 is 19.5 Å². The van der Waals surface area contributed by atoms with Gasteiger partial charge in [0, 0.05) is 17.7 Å². The van der Waals surface area contributed by atoms with E-state index < -0.39 is 42.8 Å². The zero-order valence-corrected chi connectivity index (χ0v) is 13.3. The molecule has 0 saturated heterocycles. The molecule has 2 fully saturated rings. The summed E-state index contributed by atoms with van der Waals surface area (Å²) in [6.45, 7) is 3.63. The Kier molecular flexibility index (Phi) is 4.50. The normalized spacial score (nSPS) is 35.4. The van der Waals surface area contributed by atoms with Crippen molar-refractivity contribution in [1.29, 1.82) is 0 Å². The lowest BCUT2D eigenvalue weighted by Crippen LogP contribution is -2.49. The van der Waals surface area contributed by atoms with Crippen molar-refractivity contribution in [2.75, 3.05) is 13.2 Å². The van der Waals surface area contributed by atoms with E-state index in [2.05, 4.69) is 0 Å². The maximum absolute atomic E-state index is 12.5. The molecule has 2 aliphatic carbocycles. The van der Waals surface area contributed by atoms with E-state index in [1.807, 2.05) is 0 Å². The molecule has 0 amide bonds. The van der Waals surface area contributed by atoms with Gasteiger partial charge in [-0.2, -0.15) is 0 Å². The smallest absolute Gasteiger partial charge is 0.354 e. The van der Waals surface area contributed by atoms with Gasteiger partial charge in [-0.05, 0) is 20.3 Å². The number of aliphatic carboxylic acids is 2. The largest absolute Gasteiger partial charge is 0.481 e. The van der Waals surface area contributed by atoms with E-state index in [4.69, 9.17) is 14.8 Å². The first-order chi connectivity index (χ1) is 10.2. The molecule has 2 rings (SSSR count). The lowest BCUT2D eigenvalue weighted by Gasteiger charge is -2.22. The molecular formula is C13H20NO7P. The van der Waals surface area contributed by atoms with Gasteiger partial charge < -0.3 is 25.0 Å². The third-order valence-electron chi connectivity index (χ3n) is 4.16. The Morgan fingerprint density at radius 2 is 1.91 bits per heavy atom. The molecule has 0 spiro atoms. The Bertz CT molecular complexity index is 565. The number of nitrogens with two attached hydrogens (primary N) is 1. The molecule has 2 saturated carbocycles. The van der Waals surface area contributed by atoms with E-state index in [1.54, 1.807) is 13.8 Å². The number of rotatable bonds is 7. The highest BCUT2D eigenvalue weighted by atomic mass is 31.2. The first-order valence-electron chi connectivity index (χ1n) is 7.05. The third-order valence-corrected chi connectivity index (χ3v) is 6.05. The summed E-state index contributed by atoms with van der Waals surface area (Å²) in [6, 6.07) is 0. The molecule has 4 N–H and O–H groups in total. The summed E-state index contributed by atoms with van der Waals surface area (Å²) < 4.78 is 22.8. The minimum Gasteiger partial charge on any atom is -0.481 e. The molecule has 0 aliphatic heterocycles. The monoisotopic (exact) mass is 333 g/mol. The van der Waals surface area contributed by atoms with Crippen LogP contribution in [-0.2, 0) is 23.2 Å². The summed E-state index contributed by atoms with van der Waals surface area (Å²) in [5.41, 5.74) is 4.68. The number of hydrogen-bond acceptors (Lipinski definition) is 6. The molecular weight excluding hydrogens is 313 g/mol. The van der Waals surface area contributed by atoms with E-state index in [9.17, 15) is 24.4 Å². The van der Waals surface area contributed by atoms with Crippen LogP contribution in [0.15, 0.2) is 11.4 Å². The average Bonchev–Trinajstić information content (AvgIpc) is 3.07. The Morgan fingerprint density at radius 3 is 2.32 bits per heavy atom. The van der Waals surface area contributed by atoms with Crippen LogP contribution in [-0.4, -0.2) is 40.9 Å². The van der Waals surface area contributed by atoms with Gasteiger partial charge in [0.05, 0.1) is 19.1 Å². The van der Waals surface area contributed by atoms with E-state index in [-0.39, 0.29) is 19.6 Å². The van der Waals surface area contributed by atoms with Crippen molar-refractivity contribution in [2.24, 2.45) is 23.5 Å². The predicted octanol–water partition coefficient (Wildman–Crippen LogP) is 1.27. The molecule has 8 nitrogen and oxygen atoms in total. The van der Waals surface area contributed by atoms with Crippen LogP contribution in [0.5, 0.6) is 0 Å². The van der Waals surface area contributed by atoms with Gasteiger partial charge in [-0.15, -0.1) is 0 Å². The van der Waals surface area contributed by atoms with Crippen molar-refractivity contribution in [3.8, 4) is 0 Å². The molecule has 9 heteroatoms. The first kappa shape index (κ1) is 17.1. The van der Waals surface area contributed by atoms with E-state index >= 15 is 0 Å². The van der Waals surface area contributed by atoms with Crippen molar-refractivity contribution in [3.05, 3.63) is 11.4 Å². The van der Waals surface area contributed by atoms with Gasteiger partial charge in [0.25, 0.3) is 0 Å². The minimum absolute atomic E-state index is 0.0500. The minimum atomic E-state index is -3.53. The topological polar surface area (TPSA) is 136 Å². The van der Waals surface area contributed by atoms with Crippen molar-refractivity contribution in [1.82, 2.24) is 0 Å². The van der Waals surface area contributed by atoms with Crippen molar-refractivity contribution in [3.63, 3.8) is 0 Å². The van der Waals surface area contributed by atoms with Crippen LogP contribution in [0, 0.1) is 17.8 Å². The van der Waals surface area contributed by atoms with Crippen LogP contribution in [0.2, 0.25) is 0 Å². The molecule has 2 aliphatic rings. The third kappa shape index (κ3) is 2.72. The van der Waals surface area contributed by atoms with Crippen LogP contribution in [0.3, 0.4) is 0 Å². The van der Waals surface area contributed by atoms with Gasteiger partial charge >= 0.3 is 19.5 Å². The maximum atomic E-state index is 12.5. The van der Waals surface area contributed by atoms with Crippen LogP contribution < -0.4 is 5.73 Å². The Hall–Kier alpha value is -1.21. The van der Waals surface area contributed by atoms with Crippen molar-refractivity contribution in [2.45, 2.75) is 25.8 Å². The SMILES string of the molecule is CCOP(=O)(C=C1C[C@](N)(C(=O)O)[C@@H]2[C@H](C(=O)O)[C@@H]12)OCC. The molecule has 0 heterocycles. The number of carbonyl (C=O) groups is 2. The van der Waals surface area contributed by atoms with Gasteiger partial charge in [0.2, 0.25) is 0 Å². The van der Waals surface area contributed by atoms with Gasteiger partial charge in [0.1, 0.15) is 5.54 Å². The van der Waals surface area contributed by atoms with Crippen LogP contribution >= 0.6 is 7.60 Å². The molecule has 4 atom stereocenters. The number of hydrogen-bond donors (Lipinski definition) is 3. The fraction of sp³-hybridized carbons (Fsp3) is 0.692. The molecule has 0 unspecified atom stereocenters. The van der Waals surface area contributed by atoms with Gasteiger partial charge in [0.15, 0.2) is 0 Å². The number of carboxylic acid groups (broad SMARTS) is 2. The number of fused-ring (bicyclic) bond motifs is 1. The summed E-state index contributed by atoms with van der Waals surface area (Å²) in [4.78, 5) is 22.7. The second-order valence-corrected chi connectivity index (χ2v) is 7.37. The lowest BCUT2D eigenvalue weighted by atomic mass is 9.90. The summed E-state index contributed by atoms with van der Waals surface area (Å²) in [5.74, 6) is -3.16. The molecule has 0 aromatic rings. The molecule has 0 aromatic heterocycles. The summed E-state index contributed by atoms with van der Waals surface area (Å²) in [6.07, 6.45) is -0.0500. The second-order valence-electron chi connectivity index (χ2n) is 5.52. The fourth-order valence-corrected chi connectivity index (χ4v) is 4.93. The fourth-order valence-electron chi connectivity index (χ4n) is 3.32. The summed E-state index contributed by atoms with van der Waals surface area (Å²) >= 11 is 0. The van der Waals surface area contributed by atoms with E-state index in [0.717, 1.165) is 0 Å². The van der Waals surface area contributed by atoms with Gasteiger partial charge in [-0.25, -0.2) is 0 Å². The quantitative estimate of drug-likeness (QED) is 0.592. The van der Waals surface area contributed by atoms with Gasteiger partial charge in [-0.1, -0.05) is 5.57 Å². The van der Waals surface area contributed by atoms with E-state index in [1.165, 1.54) is 5.82 Å². The maximum Gasteiger partial charge on any atom is 0.354 e. The molecule has 0 bridgehead atoms. The molecule has 0 aromatic carbocycles. The highest BCUT2D eigenvalue weighted by molar-refractivity contribution is 7.57. The molecule has 22 heavy (non-hydrogen) atoms. The Balaban J connectivity index is 2.36. The summed E-state index contributed by atoms with van der Waals surface area (Å²) in [7, 11) is -3.53. The number of carboxylic acids is 2. The van der Waals surface area contributed by atoms with Gasteiger partial charge in [-0.3, -0.25) is 14.2 Å². The zero-order chi connectivity index (χ0) is 16.7.